The number of carbonyl (C=O) groups is 3. The maximum Gasteiger partial charge on any atom is 0.237 e. The van der Waals surface area contributed by atoms with Crippen molar-refractivity contribution in [2.24, 2.45) is 11.5 Å². The van der Waals surface area contributed by atoms with Crippen LogP contribution in [0.2, 0.25) is 0 Å². The number of rotatable bonds is 6. The van der Waals surface area contributed by atoms with Gasteiger partial charge in [0.2, 0.25) is 17.7 Å². The van der Waals surface area contributed by atoms with E-state index < -0.39 is 11.8 Å². The lowest BCUT2D eigenvalue weighted by molar-refractivity contribution is -0.134. The van der Waals surface area contributed by atoms with Crippen LogP contribution in [0.5, 0.6) is 0 Å². The first kappa shape index (κ1) is 12.4. The molecule has 14 heavy (non-hydrogen) atoms. The van der Waals surface area contributed by atoms with Gasteiger partial charge in [-0.1, -0.05) is 0 Å². The van der Waals surface area contributed by atoms with Crippen molar-refractivity contribution in [3.05, 3.63) is 0 Å². The largest absolute Gasteiger partial charge is 0.370 e. The van der Waals surface area contributed by atoms with Crippen molar-refractivity contribution in [2.45, 2.75) is 19.3 Å². The lowest BCUT2D eigenvalue weighted by atomic mass is 10.2. The summed E-state index contributed by atoms with van der Waals surface area (Å²) < 4.78 is 0. The molecular weight excluding hydrogens is 186 g/mol. The molecule has 0 rings (SSSR count). The Morgan fingerprint density at radius 1 is 1.07 bits per heavy atom. The number of nitrogens with zero attached hydrogens (tertiary/aromatic N) is 1. The smallest absolute Gasteiger partial charge is 0.237 e. The van der Waals surface area contributed by atoms with E-state index in [0.717, 1.165) is 0 Å². The Labute approximate surface area is 82.2 Å². The first-order chi connectivity index (χ1) is 6.43. The van der Waals surface area contributed by atoms with Crippen LogP contribution in [0.3, 0.4) is 0 Å². The van der Waals surface area contributed by atoms with Gasteiger partial charge in [0, 0.05) is 19.9 Å². The zero-order chi connectivity index (χ0) is 11.1. The number of hydrogen-bond acceptors (Lipinski definition) is 3. The molecule has 0 spiro atoms. The van der Waals surface area contributed by atoms with Crippen LogP contribution >= 0.6 is 0 Å². The highest BCUT2D eigenvalue weighted by molar-refractivity contribution is 5.83. The van der Waals surface area contributed by atoms with Gasteiger partial charge in [-0.2, -0.15) is 0 Å². The van der Waals surface area contributed by atoms with Gasteiger partial charge in [-0.15, -0.1) is 0 Å². The molecule has 0 bridgehead atoms. The topological polar surface area (TPSA) is 106 Å². The highest BCUT2D eigenvalue weighted by Gasteiger charge is 2.10. The van der Waals surface area contributed by atoms with Crippen LogP contribution in [0, 0.1) is 0 Å². The zero-order valence-electron chi connectivity index (χ0n) is 8.16. The first-order valence-corrected chi connectivity index (χ1v) is 4.24. The molecule has 0 aliphatic heterocycles. The molecule has 4 N–H and O–H groups in total. The molecule has 0 atom stereocenters. The van der Waals surface area contributed by atoms with E-state index in [-0.39, 0.29) is 25.3 Å². The summed E-state index contributed by atoms with van der Waals surface area (Å²) in [6.07, 6.45) is 0.778. The van der Waals surface area contributed by atoms with E-state index in [1.165, 1.54) is 11.9 Å². The number of nitrogens with two attached hydrogens (primary N) is 2. The van der Waals surface area contributed by atoms with E-state index in [4.69, 9.17) is 11.5 Å². The maximum absolute atomic E-state index is 11.2. The molecule has 0 fully saturated rings. The monoisotopic (exact) mass is 201 g/mol. The molecule has 0 unspecified atom stereocenters. The number of amides is 3. The molecule has 0 aliphatic rings. The van der Waals surface area contributed by atoms with Gasteiger partial charge in [0.25, 0.3) is 0 Å². The van der Waals surface area contributed by atoms with Crippen LogP contribution in [0.4, 0.5) is 0 Å². The van der Waals surface area contributed by atoms with Gasteiger partial charge in [0.1, 0.15) is 0 Å². The van der Waals surface area contributed by atoms with Crippen molar-refractivity contribution in [3.63, 3.8) is 0 Å². The van der Waals surface area contributed by atoms with Crippen LogP contribution in [-0.2, 0) is 14.4 Å². The Balaban J connectivity index is 3.73. The molecule has 0 saturated carbocycles. The second-order valence-corrected chi connectivity index (χ2v) is 3.04. The van der Waals surface area contributed by atoms with Crippen molar-refractivity contribution >= 4 is 17.7 Å². The van der Waals surface area contributed by atoms with Crippen molar-refractivity contribution < 1.29 is 14.4 Å². The molecule has 3 amide bonds. The molecule has 6 nitrogen and oxygen atoms in total. The van der Waals surface area contributed by atoms with Gasteiger partial charge in [0.15, 0.2) is 0 Å². The Morgan fingerprint density at radius 2 is 1.64 bits per heavy atom. The molecule has 0 heterocycles. The van der Waals surface area contributed by atoms with E-state index in [9.17, 15) is 14.4 Å². The van der Waals surface area contributed by atoms with E-state index in [2.05, 4.69) is 0 Å². The summed E-state index contributed by atoms with van der Waals surface area (Å²) in [4.78, 5) is 33.3. The quantitative estimate of drug-likeness (QED) is 0.551. The number of hydrogen-bond donors (Lipinski definition) is 2. The summed E-state index contributed by atoms with van der Waals surface area (Å²) in [7, 11) is 1.48. The van der Waals surface area contributed by atoms with Crippen LogP contribution < -0.4 is 11.5 Å². The molecule has 0 radical (unpaired) electrons. The summed E-state index contributed by atoms with van der Waals surface area (Å²) in [5.74, 6) is -1.21. The third-order valence-corrected chi connectivity index (χ3v) is 1.63. The average molecular weight is 201 g/mol. The summed E-state index contributed by atoms with van der Waals surface area (Å²) in [6, 6.07) is 0. The SMILES string of the molecule is CN(CC(N)=O)C(=O)CCCC(N)=O. The third kappa shape index (κ3) is 5.99. The molecule has 0 aromatic rings. The minimum absolute atomic E-state index is 0.102. The van der Waals surface area contributed by atoms with Crippen LogP contribution in [0.25, 0.3) is 0 Å². The fourth-order valence-corrected chi connectivity index (χ4v) is 0.927. The first-order valence-electron chi connectivity index (χ1n) is 4.24. The van der Waals surface area contributed by atoms with Crippen molar-refractivity contribution in [1.29, 1.82) is 0 Å². The summed E-state index contributed by atoms with van der Waals surface area (Å²) in [5, 5.41) is 0. The molecule has 0 aromatic carbocycles. The average Bonchev–Trinajstić information content (AvgIpc) is 2.01. The van der Waals surface area contributed by atoms with Gasteiger partial charge in [-0.3, -0.25) is 14.4 Å². The summed E-state index contributed by atoms with van der Waals surface area (Å²) in [5.41, 5.74) is 9.80. The van der Waals surface area contributed by atoms with E-state index in [1.807, 2.05) is 0 Å². The molecule has 80 valence electrons. The predicted octanol–water partition coefficient (Wildman–Crippen LogP) is -1.41. The second-order valence-electron chi connectivity index (χ2n) is 3.04. The second kappa shape index (κ2) is 5.95. The number of likely N-dealkylation sites (N-methyl/N-ethyl adjacent to an activating group) is 1. The van der Waals surface area contributed by atoms with Crippen LogP contribution in [-0.4, -0.2) is 36.2 Å². The van der Waals surface area contributed by atoms with E-state index >= 15 is 0 Å². The number of carbonyl (C=O) groups excluding carboxylic acids is 3. The Bertz CT molecular complexity index is 240. The van der Waals surface area contributed by atoms with Crippen molar-refractivity contribution in [1.82, 2.24) is 4.90 Å². The Kier molecular flexibility index (Phi) is 5.28. The fourth-order valence-electron chi connectivity index (χ4n) is 0.927. The lowest BCUT2D eigenvalue weighted by Crippen LogP contribution is -2.35. The lowest BCUT2D eigenvalue weighted by Gasteiger charge is -2.14. The normalized spacial score (nSPS) is 9.50. The maximum atomic E-state index is 11.2. The van der Waals surface area contributed by atoms with Gasteiger partial charge in [-0.25, -0.2) is 0 Å². The molecule has 0 aliphatic carbocycles. The fraction of sp³-hybridized carbons (Fsp3) is 0.625. The van der Waals surface area contributed by atoms with E-state index in [1.54, 1.807) is 0 Å². The molecule has 0 aromatic heterocycles. The summed E-state index contributed by atoms with van der Waals surface area (Å²) >= 11 is 0. The van der Waals surface area contributed by atoms with Crippen LogP contribution in [0.1, 0.15) is 19.3 Å². The summed E-state index contributed by atoms with van der Waals surface area (Å²) in [6.45, 7) is -0.102. The Morgan fingerprint density at radius 3 is 2.07 bits per heavy atom. The molecule has 6 heteroatoms. The van der Waals surface area contributed by atoms with E-state index in [0.29, 0.717) is 6.42 Å². The highest BCUT2D eigenvalue weighted by Crippen LogP contribution is 1.98. The molecule has 0 saturated heterocycles. The van der Waals surface area contributed by atoms with Crippen molar-refractivity contribution in [2.75, 3.05) is 13.6 Å². The number of primary amides is 2. The van der Waals surface area contributed by atoms with Gasteiger partial charge >= 0.3 is 0 Å². The molecular formula is C8H15N3O3. The third-order valence-electron chi connectivity index (χ3n) is 1.63. The minimum Gasteiger partial charge on any atom is -0.370 e. The highest BCUT2D eigenvalue weighted by atomic mass is 16.2. The Hall–Kier alpha value is -1.59. The standard InChI is InChI=1S/C8H15N3O3/c1-11(5-7(10)13)8(14)4-2-3-6(9)12/h2-5H2,1H3,(H2,9,12)(H2,10,13). The van der Waals surface area contributed by atoms with Gasteiger partial charge in [-0.05, 0) is 6.42 Å². The van der Waals surface area contributed by atoms with Crippen LogP contribution in [0.15, 0.2) is 0 Å². The zero-order valence-corrected chi connectivity index (χ0v) is 8.16. The predicted molar refractivity (Wildman–Crippen MR) is 49.9 cm³/mol. The van der Waals surface area contributed by atoms with Crippen molar-refractivity contribution in [3.8, 4) is 0 Å². The van der Waals surface area contributed by atoms with Gasteiger partial charge < -0.3 is 16.4 Å². The van der Waals surface area contributed by atoms with Gasteiger partial charge in [0.05, 0.1) is 6.54 Å². The minimum atomic E-state index is -0.559.